The molecule has 0 unspecified atom stereocenters. The summed E-state index contributed by atoms with van der Waals surface area (Å²) in [6.45, 7) is 8.70. The fourth-order valence-corrected chi connectivity index (χ4v) is 5.85. The molecule has 0 spiro atoms. The molecule has 2 aromatic carbocycles. The number of hydrogen-bond acceptors (Lipinski definition) is 6. The summed E-state index contributed by atoms with van der Waals surface area (Å²) in [5.74, 6) is 0.348. The lowest BCUT2D eigenvalue weighted by molar-refractivity contribution is 0.0574. The van der Waals surface area contributed by atoms with E-state index in [0.717, 1.165) is 22.5 Å². The minimum absolute atomic E-state index is 0.0168. The minimum Gasteiger partial charge on any atom is -0.331 e. The molecule has 40 heavy (non-hydrogen) atoms. The highest BCUT2D eigenvalue weighted by atomic mass is 35.5. The molecule has 4 heterocycles. The third-order valence-corrected chi connectivity index (χ3v) is 8.54. The zero-order valence-electron chi connectivity index (χ0n) is 22.5. The molecule has 2 aromatic heterocycles. The molecule has 10 nitrogen and oxygen atoms in total. The highest BCUT2D eigenvalue weighted by molar-refractivity contribution is 6.42. The number of benzene rings is 2. The van der Waals surface area contributed by atoms with Gasteiger partial charge in [-0.15, -0.1) is 15.0 Å². The molecule has 0 fully saturated rings. The van der Waals surface area contributed by atoms with Crippen LogP contribution in [0.4, 0.5) is 0 Å². The van der Waals surface area contributed by atoms with Crippen molar-refractivity contribution in [2.45, 2.75) is 58.8 Å². The Bertz CT molecular complexity index is 1630. The van der Waals surface area contributed by atoms with Crippen LogP contribution in [0.15, 0.2) is 42.5 Å². The van der Waals surface area contributed by atoms with Crippen molar-refractivity contribution in [3.05, 3.63) is 86.4 Å². The second-order valence-electron chi connectivity index (χ2n) is 10.5. The van der Waals surface area contributed by atoms with Crippen LogP contribution in [0.25, 0.3) is 5.69 Å². The molecule has 0 saturated carbocycles. The number of carbonyl (C=O) groups excluding carboxylic acids is 2. The van der Waals surface area contributed by atoms with Gasteiger partial charge in [0.15, 0.2) is 5.82 Å². The van der Waals surface area contributed by atoms with Crippen LogP contribution in [0.5, 0.6) is 0 Å². The summed E-state index contributed by atoms with van der Waals surface area (Å²) in [4.78, 5) is 32.7. The normalized spacial score (nSPS) is 19.4. The lowest BCUT2D eigenvalue weighted by Gasteiger charge is -2.37. The summed E-state index contributed by atoms with van der Waals surface area (Å²) in [6.07, 6.45) is 0.565. The summed E-state index contributed by atoms with van der Waals surface area (Å²) < 4.78 is 1.85. The van der Waals surface area contributed by atoms with E-state index < -0.39 is 0 Å². The van der Waals surface area contributed by atoms with Gasteiger partial charge in [0.25, 0.3) is 11.8 Å². The Labute approximate surface area is 241 Å². The molecule has 3 atom stereocenters. The van der Waals surface area contributed by atoms with E-state index >= 15 is 0 Å². The fourth-order valence-electron chi connectivity index (χ4n) is 5.55. The number of fused-ring (bicyclic) bond motifs is 3. The van der Waals surface area contributed by atoms with Gasteiger partial charge in [-0.25, -0.2) is 0 Å². The maximum atomic E-state index is 14.0. The minimum atomic E-state index is -0.176. The van der Waals surface area contributed by atoms with Crippen molar-refractivity contribution >= 4 is 35.0 Å². The zero-order chi connectivity index (χ0) is 28.3. The smallest absolute Gasteiger partial charge is 0.273 e. The standard InChI is InChI=1S/C28H28Cl2N8O2/c1-15-11-25-22(14-35(15)27(39)20-7-10-23(29)24(30)12-20)26-28(40)36(13-16(2)37(26)33-25)17(3)19-5-8-21(9-6-19)38-32-18(4)31-34-38/h5-10,12,15-17H,11,13-14H2,1-4H3/t15-,16-,17-/m1/s1. The van der Waals surface area contributed by atoms with Crippen LogP contribution < -0.4 is 0 Å². The summed E-state index contributed by atoms with van der Waals surface area (Å²) in [5.41, 5.74) is 4.48. The Kier molecular flexibility index (Phi) is 6.62. The van der Waals surface area contributed by atoms with E-state index in [1.165, 1.54) is 4.80 Å². The molecule has 0 aliphatic carbocycles. The predicted molar refractivity (Wildman–Crippen MR) is 150 cm³/mol. The van der Waals surface area contributed by atoms with E-state index in [0.29, 0.717) is 46.6 Å². The van der Waals surface area contributed by atoms with Crippen LogP contribution in [0, 0.1) is 6.92 Å². The first-order valence-electron chi connectivity index (χ1n) is 13.2. The zero-order valence-corrected chi connectivity index (χ0v) is 24.1. The third kappa shape index (κ3) is 4.45. The average Bonchev–Trinajstić information content (AvgIpc) is 3.55. The Hall–Kier alpha value is -3.76. The molecule has 12 heteroatoms. The number of nitrogens with zero attached hydrogens (tertiary/aromatic N) is 8. The van der Waals surface area contributed by atoms with E-state index in [2.05, 4.69) is 22.3 Å². The van der Waals surface area contributed by atoms with Crippen molar-refractivity contribution in [2.24, 2.45) is 0 Å². The Balaban J connectivity index is 1.28. The maximum absolute atomic E-state index is 14.0. The summed E-state index contributed by atoms with van der Waals surface area (Å²) >= 11 is 12.2. The number of halogens is 2. The average molecular weight is 579 g/mol. The molecule has 0 saturated heterocycles. The van der Waals surface area contributed by atoms with Gasteiger partial charge in [-0.2, -0.15) is 5.10 Å². The molecule has 0 N–H and O–H groups in total. The van der Waals surface area contributed by atoms with E-state index in [1.807, 2.05) is 47.7 Å². The van der Waals surface area contributed by atoms with Gasteiger partial charge in [-0.05, 0) is 68.8 Å². The quantitative estimate of drug-likeness (QED) is 0.343. The first-order valence-corrected chi connectivity index (χ1v) is 13.9. The topological polar surface area (TPSA) is 102 Å². The third-order valence-electron chi connectivity index (χ3n) is 7.80. The molecule has 2 aliphatic heterocycles. The molecule has 2 amide bonds. The summed E-state index contributed by atoms with van der Waals surface area (Å²) in [6, 6.07) is 12.4. The number of amides is 2. The number of tetrazole rings is 1. The van der Waals surface area contributed by atoms with Gasteiger partial charge in [0.2, 0.25) is 0 Å². The van der Waals surface area contributed by atoms with E-state index in [4.69, 9.17) is 28.3 Å². The molecular weight excluding hydrogens is 551 g/mol. The van der Waals surface area contributed by atoms with E-state index in [1.54, 1.807) is 30.0 Å². The molecular formula is C28H28Cl2N8O2. The SMILES string of the molecule is Cc1nnn(-c2ccc([C@@H](C)N3C[C@@H](C)n4nc5c(c4C3=O)CN(C(=O)c3ccc(Cl)c(Cl)c3)[C@H](C)C5)cc2)n1. The maximum Gasteiger partial charge on any atom is 0.273 e. The molecule has 0 bridgehead atoms. The van der Waals surface area contributed by atoms with Crippen molar-refractivity contribution in [3.63, 3.8) is 0 Å². The predicted octanol–water partition coefficient (Wildman–Crippen LogP) is 4.84. The van der Waals surface area contributed by atoms with Crippen molar-refractivity contribution in [2.75, 3.05) is 6.54 Å². The Morgan fingerprint density at radius 2 is 1.77 bits per heavy atom. The largest absolute Gasteiger partial charge is 0.331 e. The van der Waals surface area contributed by atoms with Crippen molar-refractivity contribution in [1.82, 2.24) is 39.8 Å². The van der Waals surface area contributed by atoms with Crippen molar-refractivity contribution < 1.29 is 9.59 Å². The van der Waals surface area contributed by atoms with E-state index in [9.17, 15) is 9.59 Å². The highest BCUT2D eigenvalue weighted by Gasteiger charge is 2.40. The molecule has 6 rings (SSSR count). The lowest BCUT2D eigenvalue weighted by atomic mass is 9.96. The summed E-state index contributed by atoms with van der Waals surface area (Å²) in [7, 11) is 0. The molecule has 2 aliphatic rings. The number of carbonyl (C=O) groups is 2. The first kappa shape index (κ1) is 26.5. The number of hydrogen-bond donors (Lipinski definition) is 0. The van der Waals surface area contributed by atoms with Crippen molar-refractivity contribution in [1.29, 1.82) is 0 Å². The van der Waals surface area contributed by atoms with Gasteiger partial charge in [-0.3, -0.25) is 14.3 Å². The van der Waals surface area contributed by atoms with Crippen LogP contribution >= 0.6 is 23.2 Å². The lowest BCUT2D eigenvalue weighted by Crippen LogP contribution is -2.45. The van der Waals surface area contributed by atoms with Gasteiger partial charge in [0.05, 0.1) is 40.1 Å². The second kappa shape index (κ2) is 10.0. The van der Waals surface area contributed by atoms with Crippen LogP contribution in [0.1, 0.15) is 76.3 Å². The molecule has 4 aromatic rings. The van der Waals surface area contributed by atoms with Crippen LogP contribution in [0.2, 0.25) is 10.0 Å². The highest BCUT2D eigenvalue weighted by Crippen LogP contribution is 2.35. The van der Waals surface area contributed by atoms with Gasteiger partial charge >= 0.3 is 0 Å². The number of aryl methyl sites for hydroxylation is 1. The van der Waals surface area contributed by atoms with Gasteiger partial charge in [-0.1, -0.05) is 35.3 Å². The Morgan fingerprint density at radius 1 is 1.02 bits per heavy atom. The monoisotopic (exact) mass is 578 g/mol. The van der Waals surface area contributed by atoms with E-state index in [-0.39, 0.29) is 29.9 Å². The van der Waals surface area contributed by atoms with Crippen LogP contribution in [0.3, 0.4) is 0 Å². The second-order valence-corrected chi connectivity index (χ2v) is 11.3. The van der Waals surface area contributed by atoms with Crippen LogP contribution in [-0.2, 0) is 13.0 Å². The van der Waals surface area contributed by atoms with Gasteiger partial charge in [0.1, 0.15) is 5.69 Å². The first-order chi connectivity index (χ1) is 19.1. The fraction of sp³-hybridized carbons (Fsp3) is 0.357. The Morgan fingerprint density at radius 3 is 2.45 bits per heavy atom. The number of rotatable bonds is 4. The van der Waals surface area contributed by atoms with Crippen molar-refractivity contribution in [3.8, 4) is 5.69 Å². The van der Waals surface area contributed by atoms with Crippen LogP contribution in [-0.4, -0.2) is 64.2 Å². The number of aromatic nitrogens is 6. The van der Waals surface area contributed by atoms with Gasteiger partial charge < -0.3 is 9.80 Å². The van der Waals surface area contributed by atoms with Gasteiger partial charge in [0, 0.05) is 30.1 Å². The molecule has 0 radical (unpaired) electrons. The summed E-state index contributed by atoms with van der Waals surface area (Å²) in [5, 5.41) is 17.8. The molecule has 206 valence electrons.